The van der Waals surface area contributed by atoms with Crippen molar-refractivity contribution in [1.82, 2.24) is 10.2 Å². The minimum absolute atomic E-state index is 0.141. The van der Waals surface area contributed by atoms with Crippen molar-refractivity contribution in [2.24, 2.45) is 0 Å². The lowest BCUT2D eigenvalue weighted by Gasteiger charge is -2.32. The molecule has 0 saturated heterocycles. The minimum atomic E-state index is -0.710. The van der Waals surface area contributed by atoms with E-state index in [2.05, 4.69) is 12.2 Å². The molecule has 0 bridgehead atoms. The highest BCUT2D eigenvalue weighted by Gasteiger charge is 2.31. The van der Waals surface area contributed by atoms with Crippen LogP contribution in [0.1, 0.15) is 42.0 Å². The second kappa shape index (κ2) is 13.3. The predicted octanol–water partition coefficient (Wildman–Crippen LogP) is 6.40. The molecule has 1 atom stereocenters. The van der Waals surface area contributed by atoms with Crippen LogP contribution in [0, 0.1) is 6.92 Å². The van der Waals surface area contributed by atoms with Crippen molar-refractivity contribution in [1.29, 1.82) is 0 Å². The summed E-state index contributed by atoms with van der Waals surface area (Å²) in [5, 5.41) is 3.97. The zero-order valence-corrected chi connectivity index (χ0v) is 21.8. The smallest absolute Gasteiger partial charge is 0.243 e. The van der Waals surface area contributed by atoms with E-state index in [1.54, 1.807) is 23.1 Å². The van der Waals surface area contributed by atoms with Gasteiger partial charge >= 0.3 is 0 Å². The first-order valence-electron chi connectivity index (χ1n) is 12.0. The monoisotopic (exact) mass is 510 g/mol. The van der Waals surface area contributed by atoms with E-state index >= 15 is 0 Å². The van der Waals surface area contributed by atoms with Gasteiger partial charge in [-0.25, -0.2) is 0 Å². The maximum Gasteiger partial charge on any atom is 0.243 e. The summed E-state index contributed by atoms with van der Waals surface area (Å²) in [6.45, 7) is 4.76. The lowest BCUT2D eigenvalue weighted by Crippen LogP contribution is -2.51. The van der Waals surface area contributed by atoms with E-state index in [4.69, 9.17) is 23.2 Å². The van der Waals surface area contributed by atoms with Crippen molar-refractivity contribution in [3.63, 3.8) is 0 Å². The Hall–Kier alpha value is -2.82. The van der Waals surface area contributed by atoms with Gasteiger partial charge in [0.1, 0.15) is 6.04 Å². The fourth-order valence-electron chi connectivity index (χ4n) is 3.99. The first-order chi connectivity index (χ1) is 16.9. The van der Waals surface area contributed by atoms with E-state index in [1.807, 2.05) is 61.5 Å². The molecule has 3 rings (SSSR count). The number of carbonyl (C=O) groups is 2. The number of aryl methyl sites for hydroxylation is 1. The third kappa shape index (κ3) is 7.58. The normalized spacial score (nSPS) is 11.7. The molecule has 0 spiro atoms. The molecule has 6 heteroatoms. The largest absolute Gasteiger partial charge is 0.354 e. The molecular formula is C29H32Cl2N2O2. The van der Waals surface area contributed by atoms with Gasteiger partial charge in [-0.3, -0.25) is 9.59 Å². The van der Waals surface area contributed by atoms with Crippen LogP contribution in [0.4, 0.5) is 0 Å². The number of nitrogens with one attached hydrogen (secondary N) is 1. The van der Waals surface area contributed by atoms with Crippen molar-refractivity contribution < 1.29 is 9.59 Å². The summed E-state index contributed by atoms with van der Waals surface area (Å²) < 4.78 is 0. The highest BCUT2D eigenvalue weighted by atomic mass is 35.5. The van der Waals surface area contributed by atoms with Crippen LogP contribution in [0.3, 0.4) is 0 Å². The van der Waals surface area contributed by atoms with Gasteiger partial charge in [-0.2, -0.15) is 0 Å². The standard InChI is InChI=1S/C29H32Cl2N2O2/c1-3-4-17-32-29(35)27(18-22-12-6-5-7-13-22)33(20-24-25(30)15-10-16-26(24)31)28(34)19-23-14-9-8-11-21(23)2/h5-16,27H,3-4,17-20H2,1-2H3,(H,32,35)/t27-/m1/s1. The molecule has 0 fully saturated rings. The Morgan fingerprint density at radius 2 is 1.57 bits per heavy atom. The average molecular weight is 511 g/mol. The molecule has 0 heterocycles. The Kier molecular flexibility index (Phi) is 10.2. The number of rotatable bonds is 11. The van der Waals surface area contributed by atoms with E-state index in [9.17, 15) is 9.59 Å². The SMILES string of the molecule is CCCCNC(=O)[C@@H](Cc1ccccc1)N(Cc1c(Cl)cccc1Cl)C(=O)Cc1ccccc1C. The van der Waals surface area contributed by atoms with E-state index in [1.165, 1.54) is 0 Å². The Balaban J connectivity index is 2.00. The van der Waals surface area contributed by atoms with Crippen LogP contribution >= 0.6 is 23.2 Å². The van der Waals surface area contributed by atoms with Crippen LogP contribution in [0.2, 0.25) is 10.0 Å². The molecule has 0 unspecified atom stereocenters. The molecule has 0 aliphatic rings. The van der Waals surface area contributed by atoms with Crippen molar-refractivity contribution >= 4 is 35.0 Å². The van der Waals surface area contributed by atoms with Gasteiger partial charge in [0.15, 0.2) is 0 Å². The summed E-state index contributed by atoms with van der Waals surface area (Å²) in [6, 6.07) is 22.1. The molecule has 0 saturated carbocycles. The van der Waals surface area contributed by atoms with Crippen LogP contribution in [-0.4, -0.2) is 29.3 Å². The van der Waals surface area contributed by atoms with E-state index in [0.29, 0.717) is 28.6 Å². The lowest BCUT2D eigenvalue weighted by atomic mass is 10.00. The second-order valence-corrected chi connectivity index (χ2v) is 9.49. The molecule has 0 radical (unpaired) electrons. The van der Waals surface area contributed by atoms with Crippen LogP contribution in [0.25, 0.3) is 0 Å². The Labute approximate surface area is 218 Å². The lowest BCUT2D eigenvalue weighted by molar-refractivity contribution is -0.140. The zero-order chi connectivity index (χ0) is 25.2. The number of halogens is 2. The number of unbranched alkanes of at least 4 members (excludes halogenated alkanes) is 1. The van der Waals surface area contributed by atoms with Gasteiger partial charge in [0.05, 0.1) is 6.42 Å². The van der Waals surface area contributed by atoms with Gasteiger partial charge in [0.2, 0.25) is 11.8 Å². The van der Waals surface area contributed by atoms with Crippen LogP contribution < -0.4 is 5.32 Å². The predicted molar refractivity (Wildman–Crippen MR) is 144 cm³/mol. The van der Waals surface area contributed by atoms with Crippen molar-refractivity contribution in [2.75, 3.05) is 6.54 Å². The summed E-state index contributed by atoms with van der Waals surface area (Å²) >= 11 is 13.0. The van der Waals surface area contributed by atoms with Crippen molar-refractivity contribution in [2.45, 2.75) is 52.1 Å². The molecule has 0 aromatic heterocycles. The number of nitrogens with zero attached hydrogens (tertiary/aromatic N) is 1. The molecule has 184 valence electrons. The first-order valence-corrected chi connectivity index (χ1v) is 12.7. The Bertz CT molecular complexity index is 1110. The molecule has 1 N–H and O–H groups in total. The van der Waals surface area contributed by atoms with Gasteiger partial charge in [-0.1, -0.05) is 97.2 Å². The maximum atomic E-state index is 13.8. The first kappa shape index (κ1) is 26.8. The summed E-state index contributed by atoms with van der Waals surface area (Å²) in [5.41, 5.74) is 3.57. The summed E-state index contributed by atoms with van der Waals surface area (Å²) in [5.74, 6) is -0.328. The molecule has 4 nitrogen and oxygen atoms in total. The highest BCUT2D eigenvalue weighted by Crippen LogP contribution is 2.27. The molecule has 0 aliphatic carbocycles. The summed E-state index contributed by atoms with van der Waals surface area (Å²) in [7, 11) is 0. The van der Waals surface area contributed by atoms with Crippen molar-refractivity contribution in [3.8, 4) is 0 Å². The quantitative estimate of drug-likeness (QED) is 0.303. The van der Waals surface area contributed by atoms with Crippen molar-refractivity contribution in [3.05, 3.63) is 105 Å². The van der Waals surface area contributed by atoms with Crippen LogP contribution in [-0.2, 0) is 29.0 Å². The Morgan fingerprint density at radius 3 is 2.23 bits per heavy atom. The van der Waals surface area contributed by atoms with Crippen LogP contribution in [0.15, 0.2) is 72.8 Å². The molecule has 3 aromatic rings. The highest BCUT2D eigenvalue weighted by molar-refractivity contribution is 6.36. The maximum absolute atomic E-state index is 13.8. The number of amides is 2. The second-order valence-electron chi connectivity index (χ2n) is 8.68. The number of hydrogen-bond acceptors (Lipinski definition) is 2. The molecule has 0 aliphatic heterocycles. The van der Waals surface area contributed by atoms with Gasteiger partial charge < -0.3 is 10.2 Å². The zero-order valence-electron chi connectivity index (χ0n) is 20.3. The summed E-state index contributed by atoms with van der Waals surface area (Å²) in [4.78, 5) is 28.9. The summed E-state index contributed by atoms with van der Waals surface area (Å²) in [6.07, 6.45) is 2.41. The molecule has 3 aromatic carbocycles. The molecule has 2 amide bonds. The topological polar surface area (TPSA) is 49.4 Å². The number of benzene rings is 3. The van der Waals surface area contributed by atoms with Crippen LogP contribution in [0.5, 0.6) is 0 Å². The molecule has 35 heavy (non-hydrogen) atoms. The van der Waals surface area contributed by atoms with E-state index < -0.39 is 6.04 Å². The van der Waals surface area contributed by atoms with E-state index in [-0.39, 0.29) is 24.8 Å². The molecular weight excluding hydrogens is 479 g/mol. The van der Waals surface area contributed by atoms with Gasteiger partial charge in [-0.15, -0.1) is 0 Å². The van der Waals surface area contributed by atoms with Gasteiger partial charge in [0.25, 0.3) is 0 Å². The van der Waals surface area contributed by atoms with Gasteiger partial charge in [0, 0.05) is 35.1 Å². The Morgan fingerprint density at radius 1 is 0.914 bits per heavy atom. The fourth-order valence-corrected chi connectivity index (χ4v) is 4.50. The third-order valence-corrected chi connectivity index (χ3v) is 6.80. The van der Waals surface area contributed by atoms with E-state index in [0.717, 1.165) is 29.5 Å². The fraction of sp³-hybridized carbons (Fsp3) is 0.310. The minimum Gasteiger partial charge on any atom is -0.354 e. The number of hydrogen-bond donors (Lipinski definition) is 1. The van der Waals surface area contributed by atoms with Gasteiger partial charge in [-0.05, 0) is 42.2 Å². The average Bonchev–Trinajstić information content (AvgIpc) is 2.85. The number of carbonyl (C=O) groups excluding carboxylic acids is 2. The third-order valence-electron chi connectivity index (χ3n) is 6.09.